The molecule has 33 heavy (non-hydrogen) atoms. The molecule has 0 saturated heterocycles. The Morgan fingerprint density at radius 1 is 1.09 bits per heavy atom. The van der Waals surface area contributed by atoms with Gasteiger partial charge in [0.1, 0.15) is 15.0 Å². The van der Waals surface area contributed by atoms with Crippen LogP contribution in [0.25, 0.3) is 0 Å². The fraction of sp³-hybridized carbons (Fsp3) is 0.217. The standard InChI is InChI=1S/C16H17N2OS3.C7H8O3S/c1-4-18-15(19)13(22-16(18)20-3)9-10-14-17(2)11-7-5-6-8-12(11)21-14;1-6-2-4-7(5-3-6)11(8,9)10/h5-10H,4H2,1-3H3;2-5H,1H3,(H,8,9,10)/q+1;/p-1. The molecule has 0 saturated carbocycles. The number of benzene rings is 2. The van der Waals surface area contributed by atoms with E-state index >= 15 is 0 Å². The van der Waals surface area contributed by atoms with Crippen LogP contribution >= 0.6 is 35.3 Å². The Morgan fingerprint density at radius 2 is 1.76 bits per heavy atom. The number of rotatable bonds is 3. The monoisotopic (exact) mass is 520 g/mol. The third-order valence-electron chi connectivity index (χ3n) is 4.82. The molecule has 0 unspecified atom stereocenters. The van der Waals surface area contributed by atoms with Gasteiger partial charge in [-0.1, -0.05) is 53.4 Å². The van der Waals surface area contributed by atoms with Crippen LogP contribution in [-0.4, -0.2) is 47.7 Å². The minimum absolute atomic E-state index is 0.108. The van der Waals surface area contributed by atoms with Gasteiger partial charge in [0.15, 0.2) is 6.54 Å². The summed E-state index contributed by atoms with van der Waals surface area (Å²) in [5.41, 5.74) is 2.14. The van der Waals surface area contributed by atoms with Crippen LogP contribution < -0.4 is 4.90 Å². The predicted octanol–water partition coefficient (Wildman–Crippen LogP) is 4.88. The first-order chi connectivity index (χ1) is 15.7. The molecule has 0 fully saturated rings. The van der Waals surface area contributed by atoms with E-state index in [9.17, 15) is 17.8 Å². The van der Waals surface area contributed by atoms with E-state index in [0.29, 0.717) is 0 Å². The second-order valence-electron chi connectivity index (χ2n) is 7.05. The number of hydrogen-bond acceptors (Lipinski definition) is 8. The number of nitrogens with zero attached hydrogens (tertiary/aromatic N) is 2. The van der Waals surface area contributed by atoms with Crippen molar-refractivity contribution in [3.8, 4) is 0 Å². The topological polar surface area (TPSA) is 80.5 Å². The number of fused-ring (bicyclic) bond motifs is 1. The molecule has 174 valence electrons. The fourth-order valence-electron chi connectivity index (χ4n) is 3.06. The number of para-hydroxylation sites is 1. The van der Waals surface area contributed by atoms with Crippen molar-refractivity contribution in [2.45, 2.75) is 23.6 Å². The Morgan fingerprint density at radius 3 is 2.30 bits per heavy atom. The Balaban J connectivity index is 0.000000235. The lowest BCUT2D eigenvalue weighted by molar-refractivity contribution is -0.433. The third-order valence-corrected chi connectivity index (χ3v) is 9.10. The summed E-state index contributed by atoms with van der Waals surface area (Å²) in [6.45, 7) is 4.55. The van der Waals surface area contributed by atoms with Crippen LogP contribution in [0.5, 0.6) is 0 Å². The Kier molecular flexibility index (Phi) is 8.52. The summed E-state index contributed by atoms with van der Waals surface area (Å²) in [6, 6.07) is 14.1. The first-order valence-electron chi connectivity index (χ1n) is 10.0. The van der Waals surface area contributed by atoms with Crippen LogP contribution in [0.2, 0.25) is 0 Å². The highest BCUT2D eigenvalue weighted by Crippen LogP contribution is 2.44. The van der Waals surface area contributed by atoms with Crippen molar-refractivity contribution in [1.82, 2.24) is 0 Å². The Hall–Kier alpha value is -1.98. The van der Waals surface area contributed by atoms with Crippen molar-refractivity contribution in [3.63, 3.8) is 0 Å². The number of anilines is 1. The van der Waals surface area contributed by atoms with Gasteiger partial charge in [-0.25, -0.2) is 13.2 Å². The SMILES string of the molecule is CC[N+]1=C(SC)SC(=CC=C2Sc3ccccc3N2C)C1=O.Cc1ccc(S(=O)(=O)[O-])cc1. The van der Waals surface area contributed by atoms with Crippen LogP contribution in [-0.2, 0) is 14.9 Å². The van der Waals surface area contributed by atoms with E-state index in [1.54, 1.807) is 47.4 Å². The van der Waals surface area contributed by atoms with Crippen molar-refractivity contribution < 1.29 is 22.3 Å². The molecule has 2 aromatic rings. The van der Waals surface area contributed by atoms with Gasteiger partial charge in [-0.05, 0) is 68.3 Å². The largest absolute Gasteiger partial charge is 0.744 e. The molecule has 0 radical (unpaired) electrons. The summed E-state index contributed by atoms with van der Waals surface area (Å²) in [6.07, 6.45) is 6.00. The number of thioether (sulfide) groups is 3. The molecule has 2 aliphatic heterocycles. The minimum atomic E-state index is -4.27. The second-order valence-corrected chi connectivity index (χ2v) is 11.6. The van der Waals surface area contributed by atoms with Crippen LogP contribution in [0, 0.1) is 6.92 Å². The van der Waals surface area contributed by atoms with E-state index in [2.05, 4.69) is 30.1 Å². The molecular formula is C23H24N2O4S4. The molecule has 0 atom stereocenters. The van der Waals surface area contributed by atoms with Crippen molar-refractivity contribution in [1.29, 1.82) is 0 Å². The Labute approximate surface area is 207 Å². The van der Waals surface area contributed by atoms with Gasteiger partial charge < -0.3 is 9.45 Å². The molecule has 2 aromatic carbocycles. The van der Waals surface area contributed by atoms with E-state index in [-0.39, 0.29) is 10.8 Å². The second kappa shape index (κ2) is 11.0. The van der Waals surface area contributed by atoms with Crippen LogP contribution in [0.1, 0.15) is 12.5 Å². The van der Waals surface area contributed by atoms with Gasteiger partial charge in [-0.3, -0.25) is 0 Å². The summed E-state index contributed by atoms with van der Waals surface area (Å²) in [5.74, 6) is 0.108. The van der Waals surface area contributed by atoms with E-state index in [1.165, 1.54) is 22.7 Å². The van der Waals surface area contributed by atoms with Crippen molar-refractivity contribution in [3.05, 3.63) is 76.2 Å². The molecular weight excluding hydrogens is 497 g/mol. The van der Waals surface area contributed by atoms with Crippen molar-refractivity contribution in [2.24, 2.45) is 0 Å². The highest BCUT2D eigenvalue weighted by Gasteiger charge is 2.36. The minimum Gasteiger partial charge on any atom is -0.744 e. The molecule has 2 heterocycles. The molecule has 0 aromatic heterocycles. The van der Waals surface area contributed by atoms with E-state index in [1.807, 2.05) is 42.9 Å². The van der Waals surface area contributed by atoms with E-state index < -0.39 is 10.1 Å². The highest BCUT2D eigenvalue weighted by atomic mass is 32.2. The quantitative estimate of drug-likeness (QED) is 0.322. The molecule has 0 aliphatic carbocycles. The summed E-state index contributed by atoms with van der Waals surface area (Å²) in [4.78, 5) is 16.4. The van der Waals surface area contributed by atoms with Gasteiger partial charge in [0, 0.05) is 11.9 Å². The van der Waals surface area contributed by atoms with Gasteiger partial charge in [0.05, 0.1) is 15.6 Å². The number of likely N-dealkylation sites (N-methyl/N-ethyl adjacent to an activating group) is 1. The maximum Gasteiger partial charge on any atom is 0.427 e. The van der Waals surface area contributed by atoms with Gasteiger partial charge in [0.25, 0.3) is 4.38 Å². The van der Waals surface area contributed by atoms with Gasteiger partial charge in [-0.15, -0.1) is 4.58 Å². The summed E-state index contributed by atoms with van der Waals surface area (Å²) in [7, 11) is -2.21. The molecule has 0 bridgehead atoms. The number of allylic oxidation sites excluding steroid dienone is 2. The van der Waals surface area contributed by atoms with Crippen molar-refractivity contribution in [2.75, 3.05) is 24.7 Å². The Bertz CT molecular complexity index is 1250. The van der Waals surface area contributed by atoms with Crippen molar-refractivity contribution >= 4 is 61.4 Å². The normalized spacial score (nSPS) is 18.1. The molecule has 0 spiro atoms. The lowest BCUT2D eigenvalue weighted by Crippen LogP contribution is -2.18. The lowest BCUT2D eigenvalue weighted by Gasteiger charge is -2.12. The smallest absolute Gasteiger partial charge is 0.427 e. The zero-order valence-corrected chi connectivity index (χ0v) is 21.9. The average molecular weight is 521 g/mol. The van der Waals surface area contributed by atoms with Gasteiger partial charge in [-0.2, -0.15) is 0 Å². The van der Waals surface area contributed by atoms with Gasteiger partial charge >= 0.3 is 5.91 Å². The van der Waals surface area contributed by atoms with Crippen LogP contribution in [0.3, 0.4) is 0 Å². The fourth-order valence-corrected chi connectivity index (χ4v) is 6.46. The first-order valence-corrected chi connectivity index (χ1v) is 14.3. The van der Waals surface area contributed by atoms with Gasteiger partial charge in [0.2, 0.25) is 0 Å². The molecule has 4 rings (SSSR count). The number of carbonyl (C=O) groups excluding carboxylic acids is 1. The zero-order chi connectivity index (χ0) is 24.2. The maximum atomic E-state index is 12.4. The van der Waals surface area contributed by atoms with Crippen LogP contribution in [0.15, 0.2) is 80.4 Å². The predicted molar refractivity (Wildman–Crippen MR) is 138 cm³/mol. The van der Waals surface area contributed by atoms with E-state index in [4.69, 9.17) is 0 Å². The number of amides is 1. The molecule has 10 heteroatoms. The molecule has 6 nitrogen and oxygen atoms in total. The third kappa shape index (κ3) is 6.13. The molecule has 0 N–H and O–H groups in total. The number of carbonyl (C=O) groups is 1. The summed E-state index contributed by atoms with van der Waals surface area (Å²) < 4.78 is 34.1. The summed E-state index contributed by atoms with van der Waals surface area (Å²) in [5, 5.41) is 1.14. The lowest BCUT2D eigenvalue weighted by atomic mass is 10.2. The number of aryl methyl sites for hydroxylation is 1. The number of hydrogen-bond donors (Lipinski definition) is 0. The zero-order valence-electron chi connectivity index (χ0n) is 18.6. The maximum absolute atomic E-state index is 12.4. The highest BCUT2D eigenvalue weighted by molar-refractivity contribution is 8.40. The van der Waals surface area contributed by atoms with E-state index in [0.717, 1.165) is 26.4 Å². The molecule has 2 aliphatic rings. The summed E-state index contributed by atoms with van der Waals surface area (Å²) >= 11 is 4.93. The molecule has 1 amide bonds. The average Bonchev–Trinajstić information content (AvgIpc) is 3.28. The first kappa shape index (κ1) is 25.6. The van der Waals surface area contributed by atoms with Crippen LogP contribution in [0.4, 0.5) is 5.69 Å².